The molecule has 1 amide bonds. The van der Waals surface area contributed by atoms with Gasteiger partial charge in [0.05, 0.1) is 23.9 Å². The number of hydrogen-bond acceptors (Lipinski definition) is 8. The molecule has 1 aliphatic heterocycles. The topological polar surface area (TPSA) is 120 Å². The van der Waals surface area contributed by atoms with E-state index in [9.17, 15) is 19.7 Å². The first-order valence-electron chi connectivity index (χ1n) is 10.6. The minimum Gasteiger partial charge on any atom is -0.379 e. The zero-order valence-corrected chi connectivity index (χ0v) is 18.4. The van der Waals surface area contributed by atoms with Gasteiger partial charge in [-0.1, -0.05) is 17.8 Å². The van der Waals surface area contributed by atoms with Crippen molar-refractivity contribution in [2.45, 2.75) is 30.8 Å². The van der Waals surface area contributed by atoms with Crippen LogP contribution in [0.4, 0.5) is 11.4 Å². The molecule has 4 rings (SSSR count). The Labute approximate surface area is 189 Å². The average molecular weight is 460 g/mol. The molecule has 2 aliphatic rings. The molecule has 0 radical (unpaired) electrons. The fourth-order valence-electron chi connectivity index (χ4n) is 4.03. The van der Waals surface area contributed by atoms with Gasteiger partial charge in [0.25, 0.3) is 5.69 Å². The first-order chi connectivity index (χ1) is 15.5. The van der Waals surface area contributed by atoms with Crippen molar-refractivity contribution in [3.8, 4) is 0 Å². The van der Waals surface area contributed by atoms with E-state index >= 15 is 0 Å². The Kier molecular flexibility index (Phi) is 7.18. The monoisotopic (exact) mass is 459 g/mol. The van der Waals surface area contributed by atoms with Crippen LogP contribution in [0.2, 0.25) is 0 Å². The van der Waals surface area contributed by atoms with E-state index in [0.717, 1.165) is 63.4 Å². The third-order valence-electron chi connectivity index (χ3n) is 5.63. The molecule has 1 aliphatic carbocycles. The van der Waals surface area contributed by atoms with E-state index in [0.29, 0.717) is 17.3 Å². The van der Waals surface area contributed by atoms with Crippen LogP contribution in [0.5, 0.6) is 0 Å². The highest BCUT2D eigenvalue weighted by molar-refractivity contribution is 8.00. The molecule has 32 heavy (non-hydrogen) atoms. The Balaban J connectivity index is 1.40. The van der Waals surface area contributed by atoms with E-state index in [4.69, 9.17) is 4.74 Å². The van der Waals surface area contributed by atoms with Gasteiger partial charge >= 0.3 is 5.69 Å². The van der Waals surface area contributed by atoms with E-state index in [1.54, 1.807) is 10.6 Å². The van der Waals surface area contributed by atoms with Gasteiger partial charge in [0.1, 0.15) is 5.03 Å². The lowest BCUT2D eigenvalue weighted by molar-refractivity contribution is -0.384. The number of thioether (sulfide) groups is 1. The Hall–Kier alpha value is -2.76. The Morgan fingerprint density at radius 2 is 2.06 bits per heavy atom. The number of carbonyl (C=O) groups excluding carboxylic acids is 1. The highest BCUT2D eigenvalue weighted by Gasteiger charge is 2.23. The number of fused-ring (bicyclic) bond motifs is 1. The van der Waals surface area contributed by atoms with Gasteiger partial charge in [-0.15, -0.1) is 0 Å². The van der Waals surface area contributed by atoms with Crippen LogP contribution in [-0.2, 0) is 28.9 Å². The molecule has 1 aromatic heterocycles. The number of nitrogens with one attached hydrogen (secondary N) is 1. The standard InChI is InChI=1S/C21H25N5O5S/c27-19(22-15-3-1-4-16(13-15)26(29)30)14-32-20-17-5-2-6-18(17)25(21(28)23-20)8-7-24-9-11-31-12-10-24/h1,3-4,13H,2,5-12,14H2,(H,22,27). The van der Waals surface area contributed by atoms with Gasteiger partial charge in [0, 0.05) is 55.3 Å². The zero-order valence-electron chi connectivity index (χ0n) is 17.6. The summed E-state index contributed by atoms with van der Waals surface area (Å²) in [4.78, 5) is 42.1. The molecule has 1 fully saturated rings. The van der Waals surface area contributed by atoms with Gasteiger partial charge in [-0.2, -0.15) is 4.98 Å². The summed E-state index contributed by atoms with van der Waals surface area (Å²) in [5.74, 6) is -0.236. The SMILES string of the molecule is O=C(CSc1nc(=O)n(CCN2CCOCC2)c2c1CCC2)Nc1cccc([N+](=O)[O-])c1. The lowest BCUT2D eigenvalue weighted by atomic mass is 10.2. The summed E-state index contributed by atoms with van der Waals surface area (Å²) >= 11 is 1.24. The first kappa shape index (κ1) is 22.4. The molecule has 11 heteroatoms. The zero-order chi connectivity index (χ0) is 22.5. The van der Waals surface area contributed by atoms with Crippen LogP contribution in [0.1, 0.15) is 17.7 Å². The minimum atomic E-state index is -0.508. The van der Waals surface area contributed by atoms with Crippen molar-refractivity contribution in [2.75, 3.05) is 43.9 Å². The maximum Gasteiger partial charge on any atom is 0.348 e. The summed E-state index contributed by atoms with van der Waals surface area (Å²) in [6, 6.07) is 5.80. The van der Waals surface area contributed by atoms with Gasteiger partial charge < -0.3 is 10.1 Å². The van der Waals surface area contributed by atoms with Crippen molar-refractivity contribution in [3.63, 3.8) is 0 Å². The molecule has 1 N–H and O–H groups in total. The smallest absolute Gasteiger partial charge is 0.348 e. The van der Waals surface area contributed by atoms with Crippen molar-refractivity contribution in [1.82, 2.24) is 14.5 Å². The Morgan fingerprint density at radius 3 is 2.84 bits per heavy atom. The van der Waals surface area contributed by atoms with Crippen molar-refractivity contribution < 1.29 is 14.5 Å². The number of nitro groups is 1. The average Bonchev–Trinajstić information content (AvgIpc) is 3.28. The van der Waals surface area contributed by atoms with E-state index in [2.05, 4.69) is 15.2 Å². The third-order valence-corrected chi connectivity index (χ3v) is 6.64. The lowest BCUT2D eigenvalue weighted by Gasteiger charge is -2.27. The van der Waals surface area contributed by atoms with Gasteiger partial charge in [-0.25, -0.2) is 4.79 Å². The summed E-state index contributed by atoms with van der Waals surface area (Å²) < 4.78 is 7.16. The summed E-state index contributed by atoms with van der Waals surface area (Å²) in [7, 11) is 0. The minimum absolute atomic E-state index is 0.0688. The quantitative estimate of drug-likeness (QED) is 0.274. The molecule has 2 aromatic rings. The second kappa shape index (κ2) is 10.2. The second-order valence-electron chi connectivity index (χ2n) is 7.73. The van der Waals surface area contributed by atoms with Gasteiger partial charge in [-0.3, -0.25) is 24.4 Å². The number of rotatable bonds is 8. The molecular weight excluding hydrogens is 434 g/mol. The van der Waals surface area contributed by atoms with Crippen LogP contribution < -0.4 is 11.0 Å². The van der Waals surface area contributed by atoms with Crippen LogP contribution in [-0.4, -0.2) is 63.9 Å². The lowest BCUT2D eigenvalue weighted by Crippen LogP contribution is -2.40. The molecule has 2 heterocycles. The number of amides is 1. The number of ether oxygens (including phenoxy) is 1. The van der Waals surface area contributed by atoms with Crippen molar-refractivity contribution >= 4 is 29.0 Å². The predicted octanol–water partition coefficient (Wildman–Crippen LogP) is 1.70. The van der Waals surface area contributed by atoms with Crippen molar-refractivity contribution in [1.29, 1.82) is 0 Å². The van der Waals surface area contributed by atoms with E-state index in [1.165, 1.54) is 30.0 Å². The number of non-ortho nitro benzene ring substituents is 1. The number of hydrogen-bond donors (Lipinski definition) is 1. The summed E-state index contributed by atoms with van der Waals surface area (Å²) in [6.45, 7) is 4.58. The molecule has 0 spiro atoms. The van der Waals surface area contributed by atoms with Crippen LogP contribution in [0.3, 0.4) is 0 Å². The van der Waals surface area contributed by atoms with E-state index in [1.807, 2.05) is 0 Å². The Morgan fingerprint density at radius 1 is 1.25 bits per heavy atom. The molecule has 1 aromatic carbocycles. The van der Waals surface area contributed by atoms with E-state index < -0.39 is 4.92 Å². The maximum atomic E-state index is 12.7. The molecule has 170 valence electrons. The van der Waals surface area contributed by atoms with Gasteiger partial charge in [-0.05, 0) is 25.3 Å². The molecule has 0 unspecified atom stereocenters. The maximum absolute atomic E-state index is 12.7. The number of benzene rings is 1. The highest BCUT2D eigenvalue weighted by atomic mass is 32.2. The van der Waals surface area contributed by atoms with E-state index in [-0.39, 0.29) is 23.0 Å². The fraction of sp³-hybridized carbons (Fsp3) is 0.476. The summed E-state index contributed by atoms with van der Waals surface area (Å²) in [6.07, 6.45) is 2.64. The number of nitrogens with zero attached hydrogens (tertiary/aromatic N) is 4. The van der Waals surface area contributed by atoms with Crippen molar-refractivity contribution in [2.24, 2.45) is 0 Å². The number of nitro benzene ring substituents is 1. The molecule has 0 saturated carbocycles. The summed E-state index contributed by atoms with van der Waals surface area (Å²) in [5, 5.41) is 14.2. The number of carbonyl (C=O) groups is 1. The molecule has 1 saturated heterocycles. The largest absolute Gasteiger partial charge is 0.379 e. The first-order valence-corrected chi connectivity index (χ1v) is 11.6. The van der Waals surface area contributed by atoms with Crippen LogP contribution in [0, 0.1) is 10.1 Å². The van der Waals surface area contributed by atoms with Crippen LogP contribution in [0.15, 0.2) is 34.1 Å². The second-order valence-corrected chi connectivity index (χ2v) is 8.69. The van der Waals surface area contributed by atoms with Crippen LogP contribution >= 0.6 is 11.8 Å². The number of anilines is 1. The number of morpholine rings is 1. The molecule has 0 atom stereocenters. The molecular formula is C21H25N5O5S. The molecule has 10 nitrogen and oxygen atoms in total. The predicted molar refractivity (Wildman–Crippen MR) is 120 cm³/mol. The molecule has 0 bridgehead atoms. The van der Waals surface area contributed by atoms with Gasteiger partial charge in [0.15, 0.2) is 0 Å². The number of aromatic nitrogens is 2. The van der Waals surface area contributed by atoms with Crippen LogP contribution in [0.25, 0.3) is 0 Å². The highest BCUT2D eigenvalue weighted by Crippen LogP contribution is 2.29. The normalized spacial score (nSPS) is 16.0. The van der Waals surface area contributed by atoms with Gasteiger partial charge in [0.2, 0.25) is 5.91 Å². The fourth-order valence-corrected chi connectivity index (χ4v) is 4.91. The van der Waals surface area contributed by atoms with Crippen molar-refractivity contribution in [3.05, 3.63) is 56.1 Å². The summed E-state index contributed by atoms with van der Waals surface area (Å²) in [5.41, 5.74) is 2.08. The Bertz CT molecular complexity index is 1070. The third kappa shape index (κ3) is 5.34.